The van der Waals surface area contributed by atoms with Crippen molar-refractivity contribution in [3.8, 4) is 0 Å². The van der Waals surface area contributed by atoms with Crippen LogP contribution >= 0.6 is 22.9 Å². The lowest BCUT2D eigenvalue weighted by atomic mass is 10.0. The van der Waals surface area contributed by atoms with Gasteiger partial charge in [0.2, 0.25) is 0 Å². The van der Waals surface area contributed by atoms with Crippen LogP contribution in [0.4, 0.5) is 0 Å². The highest BCUT2D eigenvalue weighted by atomic mass is 35.5. The minimum Gasteiger partial charge on any atom is -0.324 e. The summed E-state index contributed by atoms with van der Waals surface area (Å²) in [4.78, 5) is 5.79. The molecule has 2 N–H and O–H groups in total. The third kappa shape index (κ3) is 3.10. The lowest BCUT2D eigenvalue weighted by Gasteiger charge is -2.11. The summed E-state index contributed by atoms with van der Waals surface area (Å²) in [7, 11) is 0. The van der Waals surface area contributed by atoms with Crippen molar-refractivity contribution in [2.75, 3.05) is 0 Å². The first-order chi connectivity index (χ1) is 8.45. The topological polar surface area (TPSA) is 38.9 Å². The quantitative estimate of drug-likeness (QED) is 0.924. The van der Waals surface area contributed by atoms with Crippen LogP contribution in [0.1, 0.15) is 32.7 Å². The SMILES string of the molecule is Cc1cc(Cl)cc(C(N)Cc2nc(C)c(C)s2)c1. The molecule has 2 aromatic rings. The molecule has 0 amide bonds. The molecule has 0 aliphatic rings. The minimum atomic E-state index is -0.0488. The van der Waals surface area contributed by atoms with E-state index in [0.29, 0.717) is 0 Å². The van der Waals surface area contributed by atoms with Crippen molar-refractivity contribution < 1.29 is 0 Å². The van der Waals surface area contributed by atoms with Gasteiger partial charge in [0.05, 0.1) is 10.7 Å². The summed E-state index contributed by atoms with van der Waals surface area (Å²) >= 11 is 7.78. The molecule has 2 nitrogen and oxygen atoms in total. The second-order valence-electron chi connectivity index (χ2n) is 4.62. The van der Waals surface area contributed by atoms with Crippen LogP contribution in [0.3, 0.4) is 0 Å². The first-order valence-corrected chi connectivity index (χ1v) is 7.10. The van der Waals surface area contributed by atoms with Crippen molar-refractivity contribution in [1.82, 2.24) is 4.98 Å². The molecule has 2 rings (SSSR count). The van der Waals surface area contributed by atoms with Crippen LogP contribution in [0.2, 0.25) is 5.02 Å². The predicted molar refractivity (Wildman–Crippen MR) is 78.4 cm³/mol. The van der Waals surface area contributed by atoms with E-state index >= 15 is 0 Å². The first-order valence-electron chi connectivity index (χ1n) is 5.91. The van der Waals surface area contributed by atoms with E-state index in [-0.39, 0.29) is 6.04 Å². The van der Waals surface area contributed by atoms with E-state index in [1.807, 2.05) is 26.0 Å². The molecule has 1 aromatic heterocycles. The largest absolute Gasteiger partial charge is 0.324 e. The zero-order valence-corrected chi connectivity index (χ0v) is 12.4. The fourth-order valence-corrected chi connectivity index (χ4v) is 3.20. The number of nitrogens with two attached hydrogens (primary N) is 1. The summed E-state index contributed by atoms with van der Waals surface area (Å²) < 4.78 is 0. The molecular weight excluding hydrogens is 264 g/mol. The minimum absolute atomic E-state index is 0.0488. The van der Waals surface area contributed by atoms with Gasteiger partial charge in [-0.1, -0.05) is 17.7 Å². The van der Waals surface area contributed by atoms with Gasteiger partial charge in [0.1, 0.15) is 0 Å². The van der Waals surface area contributed by atoms with E-state index in [4.69, 9.17) is 17.3 Å². The first kappa shape index (κ1) is 13.5. The second kappa shape index (κ2) is 5.39. The summed E-state index contributed by atoms with van der Waals surface area (Å²) in [5, 5.41) is 1.84. The number of hydrogen-bond donors (Lipinski definition) is 1. The fraction of sp³-hybridized carbons (Fsp3) is 0.357. The average molecular weight is 281 g/mol. The van der Waals surface area contributed by atoms with E-state index < -0.39 is 0 Å². The van der Waals surface area contributed by atoms with E-state index in [9.17, 15) is 0 Å². The molecule has 1 heterocycles. The Bertz CT molecular complexity index is 523. The van der Waals surface area contributed by atoms with Crippen molar-refractivity contribution in [2.24, 2.45) is 5.73 Å². The van der Waals surface area contributed by atoms with E-state index in [2.05, 4.69) is 18.0 Å². The number of hydrogen-bond acceptors (Lipinski definition) is 3. The molecule has 0 saturated carbocycles. The second-order valence-corrected chi connectivity index (χ2v) is 6.35. The molecule has 0 saturated heterocycles. The Morgan fingerprint density at radius 1 is 1.28 bits per heavy atom. The predicted octanol–water partition coefficient (Wildman–Crippen LogP) is 3.96. The molecule has 0 bridgehead atoms. The third-order valence-electron chi connectivity index (χ3n) is 2.96. The molecule has 4 heteroatoms. The van der Waals surface area contributed by atoms with Crippen LogP contribution in [-0.2, 0) is 6.42 Å². The van der Waals surface area contributed by atoms with Gasteiger partial charge in [-0.3, -0.25) is 0 Å². The van der Waals surface area contributed by atoms with Gasteiger partial charge in [-0.05, 0) is 44.0 Å². The van der Waals surface area contributed by atoms with Gasteiger partial charge in [0, 0.05) is 22.4 Å². The summed E-state index contributed by atoms with van der Waals surface area (Å²) in [6.45, 7) is 6.15. The van der Waals surface area contributed by atoms with Gasteiger partial charge in [0.15, 0.2) is 0 Å². The van der Waals surface area contributed by atoms with Crippen molar-refractivity contribution in [3.63, 3.8) is 0 Å². The standard InChI is InChI=1S/C14H17ClN2S/c1-8-4-11(6-12(15)5-8)13(16)7-14-17-9(2)10(3)18-14/h4-6,13H,7,16H2,1-3H3. The molecule has 1 atom stereocenters. The Morgan fingerprint density at radius 2 is 2.00 bits per heavy atom. The van der Waals surface area contributed by atoms with E-state index in [1.54, 1.807) is 11.3 Å². The molecule has 0 spiro atoms. The molecule has 0 fully saturated rings. The zero-order chi connectivity index (χ0) is 13.3. The molecule has 0 radical (unpaired) electrons. The Morgan fingerprint density at radius 3 is 2.56 bits per heavy atom. The normalized spacial score (nSPS) is 12.7. The lowest BCUT2D eigenvalue weighted by Crippen LogP contribution is -2.13. The Balaban J connectivity index is 2.18. The van der Waals surface area contributed by atoms with Crippen LogP contribution in [0.25, 0.3) is 0 Å². The summed E-state index contributed by atoms with van der Waals surface area (Å²) in [6, 6.07) is 5.92. The highest BCUT2D eigenvalue weighted by molar-refractivity contribution is 7.11. The van der Waals surface area contributed by atoms with Crippen LogP contribution < -0.4 is 5.73 Å². The third-order valence-corrected chi connectivity index (χ3v) is 4.27. The van der Waals surface area contributed by atoms with Crippen LogP contribution in [-0.4, -0.2) is 4.98 Å². The molecule has 0 aliphatic carbocycles. The molecule has 1 unspecified atom stereocenters. The van der Waals surface area contributed by atoms with E-state index in [1.165, 1.54) is 4.88 Å². The molecular formula is C14H17ClN2S. The monoisotopic (exact) mass is 280 g/mol. The number of benzene rings is 1. The highest BCUT2D eigenvalue weighted by Gasteiger charge is 2.12. The van der Waals surface area contributed by atoms with Gasteiger partial charge < -0.3 is 5.73 Å². The number of thiazole rings is 1. The lowest BCUT2D eigenvalue weighted by molar-refractivity contribution is 0.716. The number of rotatable bonds is 3. The van der Waals surface area contributed by atoms with Gasteiger partial charge in [0.25, 0.3) is 0 Å². The van der Waals surface area contributed by atoms with Gasteiger partial charge >= 0.3 is 0 Å². The number of aromatic nitrogens is 1. The maximum Gasteiger partial charge on any atom is 0.0949 e. The summed E-state index contributed by atoms with van der Waals surface area (Å²) in [6.07, 6.45) is 0.763. The highest BCUT2D eigenvalue weighted by Crippen LogP contribution is 2.24. The molecule has 1 aromatic carbocycles. The van der Waals surface area contributed by atoms with Gasteiger partial charge in [-0.2, -0.15) is 0 Å². The number of halogens is 1. The van der Waals surface area contributed by atoms with E-state index in [0.717, 1.165) is 33.3 Å². The van der Waals surface area contributed by atoms with Crippen molar-refractivity contribution in [2.45, 2.75) is 33.2 Å². The van der Waals surface area contributed by atoms with Crippen LogP contribution in [0.15, 0.2) is 18.2 Å². The van der Waals surface area contributed by atoms with Gasteiger partial charge in [-0.15, -0.1) is 11.3 Å². The Kier molecular flexibility index (Phi) is 4.05. The van der Waals surface area contributed by atoms with Crippen molar-refractivity contribution >= 4 is 22.9 Å². The maximum atomic E-state index is 6.23. The summed E-state index contributed by atoms with van der Waals surface area (Å²) in [5.74, 6) is 0. The zero-order valence-electron chi connectivity index (χ0n) is 10.8. The van der Waals surface area contributed by atoms with Crippen molar-refractivity contribution in [3.05, 3.63) is 49.9 Å². The number of aryl methyl sites for hydroxylation is 3. The van der Waals surface area contributed by atoms with Gasteiger partial charge in [-0.25, -0.2) is 4.98 Å². The van der Waals surface area contributed by atoms with Crippen LogP contribution in [0.5, 0.6) is 0 Å². The fourth-order valence-electron chi connectivity index (χ4n) is 1.91. The Labute approximate surface area is 117 Å². The molecule has 18 heavy (non-hydrogen) atoms. The smallest absolute Gasteiger partial charge is 0.0949 e. The Hall–Kier alpha value is -0.900. The summed E-state index contributed by atoms with van der Waals surface area (Å²) in [5.41, 5.74) is 9.55. The van der Waals surface area contributed by atoms with Crippen LogP contribution in [0, 0.1) is 20.8 Å². The number of nitrogens with zero attached hydrogens (tertiary/aromatic N) is 1. The molecule has 96 valence electrons. The maximum absolute atomic E-state index is 6.23. The average Bonchev–Trinajstić information content (AvgIpc) is 2.56. The molecule has 0 aliphatic heterocycles. The van der Waals surface area contributed by atoms with Crippen molar-refractivity contribution in [1.29, 1.82) is 0 Å².